The smallest absolute Gasteiger partial charge is 0.243 e. The van der Waals surface area contributed by atoms with Crippen LogP contribution in [0.25, 0.3) is 0 Å². The number of methoxy groups -OCH3 is 1. The third-order valence-corrected chi connectivity index (χ3v) is 7.17. The molecule has 0 aliphatic carbocycles. The van der Waals surface area contributed by atoms with Crippen LogP contribution in [0, 0.1) is 6.92 Å². The topological polar surface area (TPSA) is 96.0 Å². The van der Waals surface area contributed by atoms with Gasteiger partial charge in [-0.25, -0.2) is 8.42 Å². The van der Waals surface area contributed by atoms with Crippen LogP contribution in [-0.2, 0) is 26.2 Å². The summed E-state index contributed by atoms with van der Waals surface area (Å²) in [5.41, 5.74) is 1.98. The van der Waals surface area contributed by atoms with Crippen molar-refractivity contribution in [1.29, 1.82) is 0 Å². The fraction of sp³-hybridized carbons (Fsp3) is 0.500. The molecule has 0 fully saturated rings. The van der Waals surface area contributed by atoms with E-state index in [4.69, 9.17) is 4.74 Å². The van der Waals surface area contributed by atoms with Gasteiger partial charge in [0.25, 0.3) is 0 Å². The number of nitrogens with one attached hydrogen (secondary N) is 1. The van der Waals surface area contributed by atoms with Gasteiger partial charge in [-0.15, -0.1) is 0 Å². The third-order valence-electron chi connectivity index (χ3n) is 5.99. The lowest BCUT2D eigenvalue weighted by Crippen LogP contribution is -2.53. The molecule has 0 aliphatic rings. The number of rotatable bonds is 12. The number of aryl methyl sites for hydroxylation is 1. The maximum absolute atomic E-state index is 13.6. The molecule has 2 aromatic rings. The SMILES string of the molecule is CC[C@H](C(=O)NC(C)(C)C)N(Cc1ccccc1C)C(=O)CCCN(c1ccccc1OC)S(C)(=O)=O. The van der Waals surface area contributed by atoms with E-state index in [1.165, 1.54) is 11.4 Å². The normalized spacial score (nSPS) is 12.5. The molecule has 1 N–H and O–H groups in total. The minimum atomic E-state index is -3.61. The van der Waals surface area contributed by atoms with Gasteiger partial charge in [-0.1, -0.05) is 43.3 Å². The van der Waals surface area contributed by atoms with Crippen LogP contribution in [0.1, 0.15) is 58.1 Å². The molecule has 2 amide bonds. The van der Waals surface area contributed by atoms with E-state index in [2.05, 4.69) is 5.32 Å². The van der Waals surface area contributed by atoms with Gasteiger partial charge in [0.05, 0.1) is 19.1 Å². The highest BCUT2D eigenvalue weighted by Crippen LogP contribution is 2.30. The number of hydrogen-bond acceptors (Lipinski definition) is 5. The Labute approximate surface area is 222 Å². The van der Waals surface area contributed by atoms with Gasteiger partial charge in [-0.2, -0.15) is 0 Å². The molecule has 2 aromatic carbocycles. The number of para-hydroxylation sites is 2. The quantitative estimate of drug-likeness (QED) is 0.441. The molecule has 0 radical (unpaired) electrons. The minimum absolute atomic E-state index is 0.0896. The van der Waals surface area contributed by atoms with Gasteiger partial charge in [-0.05, 0) is 63.8 Å². The van der Waals surface area contributed by atoms with Crippen molar-refractivity contribution in [2.24, 2.45) is 0 Å². The summed E-state index contributed by atoms with van der Waals surface area (Å²) >= 11 is 0. The van der Waals surface area contributed by atoms with Gasteiger partial charge in [0.15, 0.2) is 0 Å². The van der Waals surface area contributed by atoms with Crippen molar-refractivity contribution in [2.45, 2.75) is 72.0 Å². The Morgan fingerprint density at radius 3 is 2.24 bits per heavy atom. The fourth-order valence-corrected chi connectivity index (χ4v) is 5.13. The Kier molecular flexibility index (Phi) is 10.5. The van der Waals surface area contributed by atoms with Gasteiger partial charge in [0.1, 0.15) is 11.8 Å². The molecule has 8 nitrogen and oxygen atoms in total. The second-order valence-electron chi connectivity index (χ2n) is 10.2. The second kappa shape index (κ2) is 12.9. The Morgan fingerprint density at radius 2 is 1.68 bits per heavy atom. The van der Waals surface area contributed by atoms with Crippen LogP contribution in [0.4, 0.5) is 5.69 Å². The van der Waals surface area contributed by atoms with Crippen LogP contribution in [0.15, 0.2) is 48.5 Å². The van der Waals surface area contributed by atoms with Crippen molar-refractivity contribution in [1.82, 2.24) is 10.2 Å². The van der Waals surface area contributed by atoms with Gasteiger partial charge >= 0.3 is 0 Å². The number of sulfonamides is 1. The predicted octanol–water partition coefficient (Wildman–Crippen LogP) is 4.27. The summed E-state index contributed by atoms with van der Waals surface area (Å²) in [6.07, 6.45) is 1.96. The third kappa shape index (κ3) is 8.77. The van der Waals surface area contributed by atoms with E-state index < -0.39 is 21.6 Å². The van der Waals surface area contributed by atoms with E-state index in [1.54, 1.807) is 29.2 Å². The Morgan fingerprint density at radius 1 is 1.05 bits per heavy atom. The zero-order valence-electron chi connectivity index (χ0n) is 23.1. The molecular weight excluding hydrogens is 490 g/mol. The van der Waals surface area contributed by atoms with E-state index in [1.807, 2.05) is 58.9 Å². The standard InChI is InChI=1S/C28H41N3O5S/c1-8-23(27(33)29-28(3,4)5)30(20-22-15-10-9-14-21(22)2)26(32)18-13-19-31(37(7,34)35)24-16-11-12-17-25(24)36-6/h9-12,14-17,23H,8,13,18-20H2,1-7H3,(H,29,33)/t23-/m1/s1. The molecule has 0 bridgehead atoms. The number of carbonyl (C=O) groups excluding carboxylic acids is 2. The number of nitrogens with zero attached hydrogens (tertiary/aromatic N) is 2. The second-order valence-corrected chi connectivity index (χ2v) is 12.1. The molecule has 9 heteroatoms. The van der Waals surface area contributed by atoms with Gasteiger partial charge in [0.2, 0.25) is 21.8 Å². The first kappa shape index (κ1) is 30.2. The Hall–Kier alpha value is -3.07. The average molecular weight is 532 g/mol. The lowest BCUT2D eigenvalue weighted by molar-refractivity contribution is -0.142. The number of anilines is 1. The molecule has 204 valence electrons. The van der Waals surface area contributed by atoms with Gasteiger partial charge in [0, 0.05) is 25.0 Å². The molecule has 0 spiro atoms. The average Bonchev–Trinajstić information content (AvgIpc) is 2.80. The molecule has 0 aliphatic heterocycles. The molecule has 0 heterocycles. The summed E-state index contributed by atoms with van der Waals surface area (Å²) in [5.74, 6) is 0.0293. The lowest BCUT2D eigenvalue weighted by atomic mass is 10.0. The number of benzene rings is 2. The summed E-state index contributed by atoms with van der Waals surface area (Å²) in [7, 11) is -2.13. The van der Waals surface area contributed by atoms with Crippen molar-refractivity contribution < 1.29 is 22.7 Å². The molecule has 0 aromatic heterocycles. The molecule has 37 heavy (non-hydrogen) atoms. The van der Waals surface area contributed by atoms with Crippen molar-refractivity contribution in [3.05, 3.63) is 59.7 Å². The van der Waals surface area contributed by atoms with E-state index in [-0.39, 0.29) is 31.2 Å². The summed E-state index contributed by atoms with van der Waals surface area (Å²) in [6.45, 7) is 9.98. The van der Waals surface area contributed by atoms with Crippen LogP contribution in [0.5, 0.6) is 5.75 Å². The summed E-state index contributed by atoms with van der Waals surface area (Å²) in [4.78, 5) is 28.4. The lowest BCUT2D eigenvalue weighted by Gasteiger charge is -2.33. The maximum atomic E-state index is 13.6. The molecule has 1 atom stereocenters. The van der Waals surface area contributed by atoms with E-state index >= 15 is 0 Å². The van der Waals surface area contributed by atoms with Crippen LogP contribution in [0.2, 0.25) is 0 Å². The predicted molar refractivity (Wildman–Crippen MR) is 148 cm³/mol. The first-order chi connectivity index (χ1) is 17.3. The van der Waals surface area contributed by atoms with Gasteiger partial charge in [-0.3, -0.25) is 13.9 Å². The van der Waals surface area contributed by atoms with Gasteiger partial charge < -0.3 is 15.0 Å². The fourth-order valence-electron chi connectivity index (χ4n) is 4.16. The van der Waals surface area contributed by atoms with E-state index in [0.29, 0.717) is 24.4 Å². The molecule has 0 unspecified atom stereocenters. The molecule has 0 saturated heterocycles. The van der Waals surface area contributed by atoms with E-state index in [9.17, 15) is 18.0 Å². The summed E-state index contributed by atoms with van der Waals surface area (Å²) in [5, 5.41) is 3.00. The zero-order valence-corrected chi connectivity index (χ0v) is 23.9. The van der Waals surface area contributed by atoms with Crippen molar-refractivity contribution in [3.63, 3.8) is 0 Å². The molecule has 0 saturated carbocycles. The number of amides is 2. The maximum Gasteiger partial charge on any atom is 0.243 e. The van der Waals surface area contributed by atoms with Crippen LogP contribution >= 0.6 is 0 Å². The Bertz CT molecular complexity index is 1170. The summed E-state index contributed by atoms with van der Waals surface area (Å²) in [6, 6.07) is 14.0. The minimum Gasteiger partial charge on any atom is -0.495 e. The highest BCUT2D eigenvalue weighted by Gasteiger charge is 2.31. The summed E-state index contributed by atoms with van der Waals surface area (Å²) < 4.78 is 31.8. The monoisotopic (exact) mass is 531 g/mol. The Balaban J connectivity index is 2.28. The largest absolute Gasteiger partial charge is 0.495 e. The molecule has 2 rings (SSSR count). The number of hydrogen-bond donors (Lipinski definition) is 1. The zero-order chi connectivity index (χ0) is 27.8. The van der Waals surface area contributed by atoms with Crippen molar-refractivity contribution >= 4 is 27.5 Å². The molecular formula is C28H41N3O5S. The van der Waals surface area contributed by atoms with Crippen molar-refractivity contribution in [2.75, 3.05) is 24.2 Å². The number of carbonyl (C=O) groups is 2. The van der Waals surface area contributed by atoms with Crippen LogP contribution < -0.4 is 14.4 Å². The highest BCUT2D eigenvalue weighted by molar-refractivity contribution is 7.92. The first-order valence-electron chi connectivity index (χ1n) is 12.5. The number of ether oxygens (including phenoxy) is 1. The first-order valence-corrected chi connectivity index (χ1v) is 14.4. The van der Waals surface area contributed by atoms with Crippen LogP contribution in [-0.4, -0.2) is 56.6 Å². The van der Waals surface area contributed by atoms with E-state index in [0.717, 1.165) is 17.4 Å². The van der Waals surface area contributed by atoms with Crippen LogP contribution in [0.3, 0.4) is 0 Å². The highest BCUT2D eigenvalue weighted by atomic mass is 32.2. The van der Waals surface area contributed by atoms with Crippen molar-refractivity contribution in [3.8, 4) is 5.75 Å².